The molecule has 1 N–H and O–H groups in total. The summed E-state index contributed by atoms with van der Waals surface area (Å²) in [6.45, 7) is 3.96. The van der Waals surface area contributed by atoms with Crippen LogP contribution in [-0.4, -0.2) is 36.7 Å². The second-order valence-corrected chi connectivity index (χ2v) is 5.49. The van der Waals surface area contributed by atoms with E-state index in [2.05, 4.69) is 5.32 Å². The average molecular weight is 309 g/mol. The Morgan fingerprint density at radius 1 is 1.57 bits per heavy atom. The maximum absolute atomic E-state index is 12.3. The topological polar surface area (TPSA) is 41.6 Å². The Labute approximate surface area is 130 Å². The van der Waals surface area contributed by atoms with Crippen molar-refractivity contribution in [1.29, 1.82) is 0 Å². The first-order valence-electron chi connectivity index (χ1n) is 7.23. The van der Waals surface area contributed by atoms with E-state index in [1.165, 1.54) is 0 Å². The monoisotopic (exact) mass is 308 g/mol. The molecule has 1 unspecified atom stereocenters. The lowest BCUT2D eigenvalue weighted by Crippen LogP contribution is -2.45. The van der Waals surface area contributed by atoms with Crippen LogP contribution in [-0.2, 0) is 4.74 Å². The number of hydrogen-bond acceptors (Lipinski definition) is 2. The summed E-state index contributed by atoms with van der Waals surface area (Å²) in [6.07, 6.45) is 6.01. The lowest BCUT2D eigenvalue weighted by Gasteiger charge is -2.32. The van der Waals surface area contributed by atoms with Crippen molar-refractivity contribution in [3.05, 3.63) is 41.4 Å². The smallest absolute Gasteiger partial charge is 0.321 e. The molecule has 1 aromatic carbocycles. The number of urea groups is 1. The molecule has 114 valence electrons. The first-order chi connectivity index (χ1) is 10.2. The van der Waals surface area contributed by atoms with E-state index in [1.807, 2.05) is 31.2 Å². The van der Waals surface area contributed by atoms with Crippen LogP contribution in [0.15, 0.2) is 36.4 Å². The lowest BCUT2D eigenvalue weighted by atomic mass is 10.1. The van der Waals surface area contributed by atoms with Gasteiger partial charge in [-0.15, -0.1) is 0 Å². The third kappa shape index (κ3) is 5.06. The highest BCUT2D eigenvalue weighted by molar-refractivity contribution is 6.30. The predicted octanol–water partition coefficient (Wildman–Crippen LogP) is 3.93. The van der Waals surface area contributed by atoms with Crippen LogP contribution in [0.1, 0.15) is 19.8 Å². The maximum atomic E-state index is 12.3. The van der Waals surface area contributed by atoms with E-state index in [-0.39, 0.29) is 12.1 Å². The quantitative estimate of drug-likeness (QED) is 0.856. The number of nitrogens with zero attached hydrogens (tertiary/aromatic N) is 1. The number of amides is 2. The summed E-state index contributed by atoms with van der Waals surface area (Å²) in [5, 5.41) is 3.48. The van der Waals surface area contributed by atoms with Gasteiger partial charge in [-0.2, -0.15) is 0 Å². The first-order valence-corrected chi connectivity index (χ1v) is 7.61. The second kappa shape index (κ2) is 8.05. The number of carbonyl (C=O) groups is 1. The number of allylic oxidation sites excluding steroid dienone is 1. The molecule has 1 atom stereocenters. The summed E-state index contributed by atoms with van der Waals surface area (Å²) in [6, 6.07) is 7.06. The summed E-state index contributed by atoms with van der Waals surface area (Å²) in [5.41, 5.74) is 0.712. The molecule has 0 radical (unpaired) electrons. The molecule has 1 aromatic rings. The fourth-order valence-electron chi connectivity index (χ4n) is 2.32. The predicted molar refractivity (Wildman–Crippen MR) is 85.8 cm³/mol. The first kappa shape index (κ1) is 15.9. The van der Waals surface area contributed by atoms with Crippen LogP contribution >= 0.6 is 11.6 Å². The molecule has 0 spiro atoms. The van der Waals surface area contributed by atoms with E-state index in [4.69, 9.17) is 16.3 Å². The highest BCUT2D eigenvalue weighted by Crippen LogP contribution is 2.18. The molecule has 1 aliphatic rings. The summed E-state index contributed by atoms with van der Waals surface area (Å²) < 4.78 is 5.74. The van der Waals surface area contributed by atoms with Crippen molar-refractivity contribution < 1.29 is 9.53 Å². The van der Waals surface area contributed by atoms with Gasteiger partial charge in [0.05, 0.1) is 12.7 Å². The summed E-state index contributed by atoms with van der Waals surface area (Å²) in [7, 11) is 0. The minimum atomic E-state index is -0.100. The van der Waals surface area contributed by atoms with Gasteiger partial charge in [-0.1, -0.05) is 29.8 Å². The molecule has 1 heterocycles. The van der Waals surface area contributed by atoms with Gasteiger partial charge in [-0.25, -0.2) is 4.79 Å². The summed E-state index contributed by atoms with van der Waals surface area (Å²) >= 11 is 5.92. The second-order valence-electron chi connectivity index (χ2n) is 5.05. The van der Waals surface area contributed by atoms with Gasteiger partial charge in [0.25, 0.3) is 0 Å². The van der Waals surface area contributed by atoms with Crippen LogP contribution in [0.4, 0.5) is 10.5 Å². The number of carbonyl (C=O) groups excluding carboxylic acids is 1. The van der Waals surface area contributed by atoms with Crippen LogP contribution in [0.5, 0.6) is 0 Å². The van der Waals surface area contributed by atoms with Gasteiger partial charge in [0.15, 0.2) is 0 Å². The molecule has 1 fully saturated rings. The van der Waals surface area contributed by atoms with Gasteiger partial charge >= 0.3 is 6.03 Å². The molecular weight excluding hydrogens is 288 g/mol. The van der Waals surface area contributed by atoms with Crippen molar-refractivity contribution in [2.24, 2.45) is 0 Å². The fourth-order valence-corrected chi connectivity index (χ4v) is 2.51. The third-order valence-electron chi connectivity index (χ3n) is 3.41. The van der Waals surface area contributed by atoms with E-state index < -0.39 is 0 Å². The SMILES string of the molecule is CC=CCOC1CCCN(C(=O)Nc2cccc(Cl)c2)C1. The van der Waals surface area contributed by atoms with Gasteiger partial charge in [-0.3, -0.25) is 0 Å². The molecule has 2 rings (SSSR count). The minimum absolute atomic E-state index is 0.100. The summed E-state index contributed by atoms with van der Waals surface area (Å²) in [4.78, 5) is 14.1. The summed E-state index contributed by atoms with van der Waals surface area (Å²) in [5.74, 6) is 0. The molecule has 4 nitrogen and oxygen atoms in total. The normalized spacial score (nSPS) is 19.0. The van der Waals surface area contributed by atoms with Crippen molar-refractivity contribution in [3.63, 3.8) is 0 Å². The standard InChI is InChI=1S/C16H21ClN2O2/c1-2-3-10-21-15-8-5-9-19(12-15)16(20)18-14-7-4-6-13(17)11-14/h2-4,6-7,11,15H,5,8-10,12H2,1H3,(H,18,20). The number of halogens is 1. The number of likely N-dealkylation sites (tertiary alicyclic amines) is 1. The van der Waals surface area contributed by atoms with Crippen LogP contribution in [0, 0.1) is 0 Å². The highest BCUT2D eigenvalue weighted by atomic mass is 35.5. The number of piperidine rings is 1. The number of hydrogen-bond donors (Lipinski definition) is 1. The van der Waals surface area contributed by atoms with Crippen LogP contribution in [0.3, 0.4) is 0 Å². The zero-order valence-corrected chi connectivity index (χ0v) is 13.0. The molecule has 1 aliphatic heterocycles. The van der Waals surface area contributed by atoms with E-state index in [1.54, 1.807) is 17.0 Å². The fraction of sp³-hybridized carbons (Fsp3) is 0.438. The molecule has 0 aliphatic carbocycles. The molecule has 0 bridgehead atoms. The van der Waals surface area contributed by atoms with Crippen molar-refractivity contribution in [2.75, 3.05) is 25.0 Å². The Bertz CT molecular complexity index is 505. The third-order valence-corrected chi connectivity index (χ3v) is 3.64. The Kier molecular flexibility index (Phi) is 6.08. The molecule has 21 heavy (non-hydrogen) atoms. The van der Waals surface area contributed by atoms with Gasteiger partial charge in [-0.05, 0) is 38.0 Å². The van der Waals surface area contributed by atoms with Crippen LogP contribution < -0.4 is 5.32 Å². The molecule has 2 amide bonds. The maximum Gasteiger partial charge on any atom is 0.321 e. The average Bonchev–Trinajstić information content (AvgIpc) is 2.48. The van der Waals surface area contributed by atoms with Crippen molar-refractivity contribution in [1.82, 2.24) is 4.90 Å². The van der Waals surface area contributed by atoms with Crippen molar-refractivity contribution >= 4 is 23.3 Å². The number of nitrogens with one attached hydrogen (secondary N) is 1. The van der Waals surface area contributed by atoms with Gasteiger partial charge < -0.3 is 15.0 Å². The number of ether oxygens (including phenoxy) is 1. The lowest BCUT2D eigenvalue weighted by molar-refractivity contribution is 0.0261. The minimum Gasteiger partial charge on any atom is -0.372 e. The molecule has 1 saturated heterocycles. The van der Waals surface area contributed by atoms with Gasteiger partial charge in [0, 0.05) is 23.8 Å². The van der Waals surface area contributed by atoms with Crippen molar-refractivity contribution in [2.45, 2.75) is 25.9 Å². The number of benzene rings is 1. The van der Waals surface area contributed by atoms with Gasteiger partial charge in [0.1, 0.15) is 0 Å². The van der Waals surface area contributed by atoms with Crippen LogP contribution in [0.25, 0.3) is 0 Å². The molecule has 0 saturated carbocycles. The zero-order chi connectivity index (χ0) is 15.1. The Balaban J connectivity index is 1.87. The molecule has 0 aromatic heterocycles. The number of rotatable bonds is 4. The Morgan fingerprint density at radius 3 is 3.19 bits per heavy atom. The van der Waals surface area contributed by atoms with Crippen LogP contribution in [0.2, 0.25) is 5.02 Å². The highest BCUT2D eigenvalue weighted by Gasteiger charge is 2.23. The van der Waals surface area contributed by atoms with E-state index in [9.17, 15) is 4.79 Å². The van der Waals surface area contributed by atoms with E-state index in [0.717, 1.165) is 19.4 Å². The Hall–Kier alpha value is -1.52. The molecular formula is C16H21ClN2O2. The van der Waals surface area contributed by atoms with E-state index in [0.29, 0.717) is 23.9 Å². The van der Waals surface area contributed by atoms with E-state index >= 15 is 0 Å². The van der Waals surface area contributed by atoms with Gasteiger partial charge in [0.2, 0.25) is 0 Å². The number of anilines is 1. The molecule has 5 heteroatoms. The van der Waals surface area contributed by atoms with Crippen molar-refractivity contribution in [3.8, 4) is 0 Å². The Morgan fingerprint density at radius 2 is 2.43 bits per heavy atom. The zero-order valence-electron chi connectivity index (χ0n) is 12.2. The largest absolute Gasteiger partial charge is 0.372 e.